The number of hydrogen-bond donors (Lipinski definition) is 0. The summed E-state index contributed by atoms with van der Waals surface area (Å²) in [7, 11) is 0. The van der Waals surface area contributed by atoms with Crippen LogP contribution in [0.1, 0.15) is 31.4 Å². The summed E-state index contributed by atoms with van der Waals surface area (Å²) in [5.74, 6) is 0. The number of aryl methyl sites for hydroxylation is 1. The molecule has 0 radical (unpaired) electrons. The number of hydrogen-bond acceptors (Lipinski definition) is 2. The van der Waals surface area contributed by atoms with E-state index >= 15 is 0 Å². The molecule has 2 heteroatoms. The van der Waals surface area contributed by atoms with Crippen molar-refractivity contribution in [3.05, 3.63) is 29.3 Å². The Morgan fingerprint density at radius 1 is 1.36 bits per heavy atom. The maximum absolute atomic E-state index is 5.63. The van der Waals surface area contributed by atoms with Gasteiger partial charge in [0.15, 0.2) is 0 Å². The molecule has 1 unspecified atom stereocenters. The standard InChI is InChI=1S/C12H18OS/c1-5-10(3)13-14-12-8-6-7-9(2)11(12)4/h6-8,10H,5H2,1-4H3. The Labute approximate surface area is 91.1 Å². The van der Waals surface area contributed by atoms with Gasteiger partial charge in [-0.15, -0.1) is 0 Å². The first-order valence-corrected chi connectivity index (χ1v) is 5.78. The quantitative estimate of drug-likeness (QED) is 0.691. The Morgan fingerprint density at radius 2 is 2.07 bits per heavy atom. The van der Waals surface area contributed by atoms with Crippen molar-refractivity contribution in [2.24, 2.45) is 0 Å². The molecule has 0 amide bonds. The van der Waals surface area contributed by atoms with Crippen LogP contribution in [0.4, 0.5) is 0 Å². The van der Waals surface area contributed by atoms with Crippen molar-refractivity contribution in [1.82, 2.24) is 0 Å². The average molecular weight is 210 g/mol. The van der Waals surface area contributed by atoms with Crippen molar-refractivity contribution in [3.63, 3.8) is 0 Å². The third-order valence-corrected chi connectivity index (χ3v) is 3.48. The molecule has 1 aromatic carbocycles. The molecule has 0 saturated heterocycles. The van der Waals surface area contributed by atoms with Gasteiger partial charge in [0.25, 0.3) is 0 Å². The van der Waals surface area contributed by atoms with Crippen molar-refractivity contribution < 1.29 is 4.18 Å². The van der Waals surface area contributed by atoms with Crippen LogP contribution < -0.4 is 0 Å². The summed E-state index contributed by atoms with van der Waals surface area (Å²) in [6.07, 6.45) is 1.37. The van der Waals surface area contributed by atoms with E-state index in [-0.39, 0.29) is 0 Å². The summed E-state index contributed by atoms with van der Waals surface area (Å²) in [5, 5.41) is 0. The highest BCUT2D eigenvalue weighted by Crippen LogP contribution is 2.26. The minimum absolute atomic E-state index is 0.319. The van der Waals surface area contributed by atoms with Crippen molar-refractivity contribution in [2.45, 2.75) is 45.1 Å². The van der Waals surface area contributed by atoms with Crippen LogP contribution in [0.15, 0.2) is 23.1 Å². The minimum atomic E-state index is 0.319. The maximum atomic E-state index is 5.63. The van der Waals surface area contributed by atoms with Gasteiger partial charge in [-0.25, -0.2) is 0 Å². The second kappa shape index (κ2) is 5.42. The van der Waals surface area contributed by atoms with Gasteiger partial charge in [0.1, 0.15) is 0 Å². The molecule has 1 rings (SSSR count). The lowest BCUT2D eigenvalue weighted by atomic mass is 10.1. The van der Waals surface area contributed by atoms with Gasteiger partial charge in [0.05, 0.1) is 6.10 Å². The summed E-state index contributed by atoms with van der Waals surface area (Å²) in [6, 6.07) is 6.31. The van der Waals surface area contributed by atoms with Gasteiger partial charge in [0.2, 0.25) is 0 Å². The van der Waals surface area contributed by atoms with Crippen LogP contribution in [-0.2, 0) is 4.18 Å². The Hall–Kier alpha value is -0.470. The molecule has 0 fully saturated rings. The molecule has 14 heavy (non-hydrogen) atoms. The molecule has 78 valence electrons. The fourth-order valence-electron chi connectivity index (χ4n) is 1.02. The first kappa shape index (κ1) is 11.6. The molecule has 0 aliphatic rings. The van der Waals surface area contributed by atoms with E-state index < -0.39 is 0 Å². The number of benzene rings is 1. The Morgan fingerprint density at radius 3 is 2.71 bits per heavy atom. The SMILES string of the molecule is CCC(C)OSc1cccc(C)c1C. The summed E-state index contributed by atoms with van der Waals surface area (Å²) in [4.78, 5) is 1.23. The van der Waals surface area contributed by atoms with Gasteiger partial charge in [0, 0.05) is 16.9 Å². The highest BCUT2D eigenvalue weighted by atomic mass is 32.2. The zero-order valence-electron chi connectivity index (χ0n) is 9.33. The lowest BCUT2D eigenvalue weighted by Crippen LogP contribution is -2.00. The highest BCUT2D eigenvalue weighted by molar-refractivity contribution is 7.94. The van der Waals surface area contributed by atoms with E-state index in [1.165, 1.54) is 28.1 Å². The Bertz CT molecular complexity index is 296. The molecule has 0 bridgehead atoms. The third-order valence-electron chi connectivity index (χ3n) is 2.43. The lowest BCUT2D eigenvalue weighted by Gasteiger charge is -2.11. The van der Waals surface area contributed by atoms with E-state index in [2.05, 4.69) is 45.9 Å². The summed E-state index contributed by atoms with van der Waals surface area (Å²) < 4.78 is 5.63. The van der Waals surface area contributed by atoms with E-state index in [1.807, 2.05) is 0 Å². The molecular weight excluding hydrogens is 192 g/mol. The second-order valence-electron chi connectivity index (χ2n) is 3.60. The van der Waals surface area contributed by atoms with Crippen molar-refractivity contribution in [3.8, 4) is 0 Å². The van der Waals surface area contributed by atoms with Gasteiger partial charge < -0.3 is 4.18 Å². The first-order valence-electron chi connectivity index (χ1n) is 5.04. The lowest BCUT2D eigenvalue weighted by molar-refractivity contribution is 0.259. The van der Waals surface area contributed by atoms with Crippen LogP contribution in [0.2, 0.25) is 0 Å². The van der Waals surface area contributed by atoms with Crippen molar-refractivity contribution in [1.29, 1.82) is 0 Å². The zero-order valence-corrected chi connectivity index (χ0v) is 10.1. The van der Waals surface area contributed by atoms with Crippen molar-refractivity contribution >= 4 is 12.0 Å². The summed E-state index contributed by atoms with van der Waals surface area (Å²) in [5.41, 5.74) is 2.64. The van der Waals surface area contributed by atoms with Crippen LogP contribution >= 0.6 is 12.0 Å². The average Bonchev–Trinajstić information content (AvgIpc) is 2.20. The van der Waals surface area contributed by atoms with Crippen LogP contribution in [0.25, 0.3) is 0 Å². The molecule has 1 aromatic rings. The van der Waals surface area contributed by atoms with Crippen molar-refractivity contribution in [2.75, 3.05) is 0 Å². The molecule has 0 spiro atoms. The Kier molecular flexibility index (Phi) is 4.49. The van der Waals surface area contributed by atoms with Gasteiger partial charge in [-0.1, -0.05) is 19.1 Å². The van der Waals surface area contributed by atoms with E-state index in [0.717, 1.165) is 6.42 Å². The van der Waals surface area contributed by atoms with Crippen LogP contribution in [0.3, 0.4) is 0 Å². The topological polar surface area (TPSA) is 9.23 Å². The van der Waals surface area contributed by atoms with E-state index in [9.17, 15) is 0 Å². The van der Waals surface area contributed by atoms with Gasteiger partial charge in [-0.05, 0) is 44.4 Å². The normalized spacial score (nSPS) is 12.9. The molecule has 0 aromatic heterocycles. The molecule has 0 saturated carbocycles. The van der Waals surface area contributed by atoms with Gasteiger partial charge in [-0.3, -0.25) is 0 Å². The Balaban J connectivity index is 2.63. The van der Waals surface area contributed by atoms with Gasteiger partial charge >= 0.3 is 0 Å². The monoisotopic (exact) mass is 210 g/mol. The molecule has 1 atom stereocenters. The minimum Gasteiger partial charge on any atom is -0.307 e. The molecule has 0 N–H and O–H groups in total. The predicted molar refractivity (Wildman–Crippen MR) is 62.6 cm³/mol. The molecule has 1 nitrogen and oxygen atoms in total. The molecular formula is C12H18OS. The van der Waals surface area contributed by atoms with E-state index in [4.69, 9.17) is 4.18 Å². The fourth-order valence-corrected chi connectivity index (χ4v) is 1.84. The van der Waals surface area contributed by atoms with Crippen LogP contribution in [0.5, 0.6) is 0 Å². The second-order valence-corrected chi connectivity index (χ2v) is 4.40. The third kappa shape index (κ3) is 3.03. The zero-order chi connectivity index (χ0) is 10.6. The molecule has 0 heterocycles. The summed E-state index contributed by atoms with van der Waals surface area (Å²) in [6.45, 7) is 8.49. The van der Waals surface area contributed by atoms with E-state index in [0.29, 0.717) is 6.10 Å². The van der Waals surface area contributed by atoms with Crippen LogP contribution in [0, 0.1) is 13.8 Å². The van der Waals surface area contributed by atoms with Gasteiger partial charge in [-0.2, -0.15) is 0 Å². The first-order chi connectivity index (χ1) is 6.65. The fraction of sp³-hybridized carbons (Fsp3) is 0.500. The maximum Gasteiger partial charge on any atom is 0.0696 e. The van der Waals surface area contributed by atoms with Crippen LogP contribution in [-0.4, -0.2) is 6.10 Å². The highest BCUT2D eigenvalue weighted by Gasteiger charge is 2.04. The largest absolute Gasteiger partial charge is 0.307 e. The molecule has 0 aliphatic heterocycles. The summed E-state index contributed by atoms with van der Waals surface area (Å²) >= 11 is 1.49. The smallest absolute Gasteiger partial charge is 0.0696 e. The van der Waals surface area contributed by atoms with E-state index in [1.54, 1.807) is 0 Å². The predicted octanol–water partition coefficient (Wildman–Crippen LogP) is 4.13. The number of rotatable bonds is 4. The molecule has 0 aliphatic carbocycles.